The normalized spacial score (nSPS) is 10.0. The summed E-state index contributed by atoms with van der Waals surface area (Å²) in [5.74, 6) is 1.58. The molecule has 0 saturated heterocycles. The van der Waals surface area contributed by atoms with Crippen molar-refractivity contribution in [3.05, 3.63) is 72.8 Å². The number of hydrogen-bond acceptors (Lipinski definition) is 5. The molecule has 0 aromatic heterocycles. The number of carbonyl (C=O) groups is 1. The second-order valence-electron chi connectivity index (χ2n) is 6.06. The molecule has 0 fully saturated rings. The van der Waals surface area contributed by atoms with Crippen LogP contribution in [0.1, 0.15) is 13.3 Å². The summed E-state index contributed by atoms with van der Waals surface area (Å²) in [4.78, 5) is 13.0. The first-order valence-electron chi connectivity index (χ1n) is 9.38. The maximum absolute atomic E-state index is 9.26. The zero-order chi connectivity index (χ0) is 21.9. The second kappa shape index (κ2) is 11.8. The van der Waals surface area contributed by atoms with Crippen molar-refractivity contribution in [3.63, 3.8) is 0 Å². The molecular formula is C24H26O5S. The Morgan fingerprint density at radius 3 is 1.07 bits per heavy atom. The third-order valence-corrected chi connectivity index (χ3v) is 6.40. The average Bonchev–Trinajstić information content (AvgIpc) is 2.81. The average molecular weight is 427 g/mol. The van der Waals surface area contributed by atoms with Crippen LogP contribution in [0, 0.1) is 0 Å². The molecule has 3 aromatic carbocycles. The van der Waals surface area contributed by atoms with Gasteiger partial charge in [0.25, 0.3) is 0 Å². The maximum Gasteiger partial charge on any atom is 0.166 e. The summed E-state index contributed by atoms with van der Waals surface area (Å²) in [5, 5.41) is 9.26. The third-order valence-electron chi connectivity index (χ3n) is 4.17. The van der Waals surface area contributed by atoms with Crippen molar-refractivity contribution >= 4 is 16.9 Å². The van der Waals surface area contributed by atoms with Gasteiger partial charge in [-0.25, -0.2) is 0 Å². The van der Waals surface area contributed by atoms with E-state index in [0.717, 1.165) is 17.2 Å². The fourth-order valence-electron chi connectivity index (χ4n) is 2.54. The summed E-state index contributed by atoms with van der Waals surface area (Å²) >= 11 is 0. The molecule has 30 heavy (non-hydrogen) atoms. The highest BCUT2D eigenvalue weighted by Crippen LogP contribution is 2.33. The number of carbonyl (C=O) groups excluding carboxylic acids is 1. The smallest absolute Gasteiger partial charge is 0.166 e. The summed E-state index contributed by atoms with van der Waals surface area (Å²) in [6.07, 6.45) is 0.111. The molecule has 3 aromatic rings. The van der Waals surface area contributed by atoms with Crippen molar-refractivity contribution in [2.45, 2.75) is 28.0 Å². The monoisotopic (exact) mass is 426 g/mol. The van der Waals surface area contributed by atoms with Gasteiger partial charge >= 0.3 is 0 Å². The van der Waals surface area contributed by atoms with E-state index in [1.807, 2.05) is 36.4 Å². The highest BCUT2D eigenvalue weighted by molar-refractivity contribution is 7.97. The first-order chi connectivity index (χ1) is 14.5. The Morgan fingerprint density at radius 2 is 0.900 bits per heavy atom. The van der Waals surface area contributed by atoms with Gasteiger partial charge in [0.1, 0.15) is 17.2 Å². The van der Waals surface area contributed by atoms with Gasteiger partial charge in [-0.05, 0) is 79.2 Å². The topological polar surface area (TPSA) is 67.8 Å². The first-order valence-corrected chi connectivity index (χ1v) is 10.6. The molecule has 0 amide bonds. The summed E-state index contributed by atoms with van der Waals surface area (Å²) in [7, 11) is 4.83. The van der Waals surface area contributed by atoms with Crippen LogP contribution in [0.2, 0.25) is 0 Å². The van der Waals surface area contributed by atoms with Crippen LogP contribution in [0.15, 0.2) is 87.5 Å². The van der Waals surface area contributed by atoms with Crippen LogP contribution in [0.5, 0.6) is 17.2 Å². The molecule has 0 radical (unpaired) electrons. The molecule has 0 spiro atoms. The molecule has 3 rings (SSSR count). The Labute approximate surface area is 180 Å². The lowest BCUT2D eigenvalue weighted by Crippen LogP contribution is -2.19. The molecule has 0 aliphatic carbocycles. The van der Waals surface area contributed by atoms with Gasteiger partial charge in [0, 0.05) is 5.97 Å². The van der Waals surface area contributed by atoms with E-state index in [1.54, 1.807) is 21.3 Å². The van der Waals surface area contributed by atoms with Crippen molar-refractivity contribution in [3.8, 4) is 17.2 Å². The molecule has 0 bridgehead atoms. The number of carboxylic acid groups (broad SMARTS) is 1. The Kier molecular flexibility index (Phi) is 9.09. The van der Waals surface area contributed by atoms with Crippen LogP contribution >= 0.6 is 0 Å². The van der Waals surface area contributed by atoms with Gasteiger partial charge in [0.15, 0.2) is 14.7 Å². The number of hydrogen-bond donors (Lipinski definition) is 0. The van der Waals surface area contributed by atoms with Crippen LogP contribution < -0.4 is 19.3 Å². The van der Waals surface area contributed by atoms with E-state index in [9.17, 15) is 9.90 Å². The van der Waals surface area contributed by atoms with E-state index in [0.29, 0.717) is 0 Å². The van der Waals surface area contributed by atoms with Gasteiger partial charge in [-0.2, -0.15) is 0 Å². The molecule has 6 heteroatoms. The summed E-state index contributed by atoms with van der Waals surface area (Å²) in [6.45, 7) is 1.54. The minimum absolute atomic E-state index is 0.111. The lowest BCUT2D eigenvalue weighted by Gasteiger charge is -2.10. The molecule has 0 heterocycles. The van der Waals surface area contributed by atoms with Gasteiger partial charge < -0.3 is 24.1 Å². The van der Waals surface area contributed by atoms with Crippen molar-refractivity contribution in [2.24, 2.45) is 0 Å². The predicted octanol–water partition coefficient (Wildman–Crippen LogP) is 3.95. The van der Waals surface area contributed by atoms with Crippen LogP contribution in [-0.2, 0) is 15.7 Å². The lowest BCUT2D eigenvalue weighted by atomic mass is 10.3. The van der Waals surface area contributed by atoms with Crippen molar-refractivity contribution in [1.29, 1.82) is 0 Å². The first kappa shape index (κ1) is 23.2. The molecule has 0 N–H and O–H groups in total. The SMILES string of the molecule is CCC(=O)[O-].COc1ccc([S+](c2ccc(OC)cc2)c2ccc(OC)cc2)cc1. The summed E-state index contributed by atoms with van der Waals surface area (Å²) < 4.78 is 15.9. The van der Waals surface area contributed by atoms with E-state index in [2.05, 4.69) is 36.4 Å². The predicted molar refractivity (Wildman–Crippen MR) is 116 cm³/mol. The highest BCUT2D eigenvalue weighted by Gasteiger charge is 2.28. The maximum atomic E-state index is 9.26. The van der Waals surface area contributed by atoms with Crippen molar-refractivity contribution in [1.82, 2.24) is 0 Å². The van der Waals surface area contributed by atoms with E-state index < -0.39 is 5.97 Å². The van der Waals surface area contributed by atoms with E-state index in [4.69, 9.17) is 14.2 Å². The number of benzene rings is 3. The fraction of sp³-hybridized carbons (Fsp3) is 0.208. The van der Waals surface area contributed by atoms with Gasteiger partial charge in [0.2, 0.25) is 0 Å². The molecule has 0 atom stereocenters. The molecule has 158 valence electrons. The number of ether oxygens (including phenoxy) is 3. The van der Waals surface area contributed by atoms with Gasteiger partial charge in [-0.3, -0.25) is 0 Å². The van der Waals surface area contributed by atoms with E-state index in [-0.39, 0.29) is 17.3 Å². The number of methoxy groups -OCH3 is 3. The second-order valence-corrected chi connectivity index (χ2v) is 8.08. The standard InChI is InChI=1S/C21H21O3S.C3H6O2/c1-22-16-4-10-19(11-5-16)25(20-12-6-17(23-2)7-13-20)21-14-8-18(24-3)9-15-21;1-2-3(4)5/h4-15H,1-3H3;2H2,1H3,(H,4,5)/q+1;/p-1. The Bertz CT molecular complexity index is 793. The number of aliphatic carboxylic acids is 1. The van der Waals surface area contributed by atoms with Gasteiger partial charge in [0.05, 0.1) is 32.2 Å². The van der Waals surface area contributed by atoms with Crippen LogP contribution in [-0.4, -0.2) is 27.3 Å². The van der Waals surface area contributed by atoms with E-state index >= 15 is 0 Å². The zero-order valence-corrected chi connectivity index (χ0v) is 18.4. The third kappa shape index (κ3) is 6.46. The Hall–Kier alpha value is -3.12. The fourth-order valence-corrected chi connectivity index (χ4v) is 4.58. The number of rotatable bonds is 7. The molecule has 5 nitrogen and oxygen atoms in total. The minimum Gasteiger partial charge on any atom is -0.550 e. The zero-order valence-electron chi connectivity index (χ0n) is 17.6. The largest absolute Gasteiger partial charge is 0.550 e. The lowest BCUT2D eigenvalue weighted by molar-refractivity contribution is -0.305. The van der Waals surface area contributed by atoms with Crippen LogP contribution in [0.25, 0.3) is 0 Å². The molecule has 0 aliphatic rings. The van der Waals surface area contributed by atoms with E-state index in [1.165, 1.54) is 21.6 Å². The molecule has 0 saturated carbocycles. The van der Waals surface area contributed by atoms with Gasteiger partial charge in [-0.15, -0.1) is 0 Å². The van der Waals surface area contributed by atoms with Crippen LogP contribution in [0.3, 0.4) is 0 Å². The highest BCUT2D eigenvalue weighted by atomic mass is 32.2. The Morgan fingerprint density at radius 1 is 0.667 bits per heavy atom. The Balaban J connectivity index is 0.000000575. The summed E-state index contributed by atoms with van der Waals surface area (Å²) in [5.41, 5.74) is 0. The van der Waals surface area contributed by atoms with Gasteiger partial charge in [-0.1, -0.05) is 6.92 Å². The van der Waals surface area contributed by atoms with Crippen molar-refractivity contribution in [2.75, 3.05) is 21.3 Å². The quantitative estimate of drug-likeness (QED) is 0.535. The minimum atomic E-state index is -0.995. The summed E-state index contributed by atoms with van der Waals surface area (Å²) in [6, 6.07) is 24.7. The van der Waals surface area contributed by atoms with Crippen LogP contribution in [0.4, 0.5) is 0 Å². The molecular weight excluding hydrogens is 400 g/mol. The van der Waals surface area contributed by atoms with Crippen molar-refractivity contribution < 1.29 is 24.1 Å². The molecule has 0 aliphatic heterocycles. The number of carboxylic acids is 1. The molecule has 0 unspecified atom stereocenters.